The Morgan fingerprint density at radius 1 is 1.33 bits per heavy atom. The minimum absolute atomic E-state index is 0.0453. The first-order chi connectivity index (χ1) is 8.53. The van der Waals surface area contributed by atoms with E-state index in [4.69, 9.17) is 15.0 Å². The average molecular weight is 246 g/mol. The summed E-state index contributed by atoms with van der Waals surface area (Å²) in [4.78, 5) is 0. The number of hydrogen-bond donors (Lipinski definition) is 1. The topological polar surface area (TPSA) is 61.3 Å². The van der Waals surface area contributed by atoms with Crippen molar-refractivity contribution in [3.05, 3.63) is 35.9 Å². The summed E-state index contributed by atoms with van der Waals surface area (Å²) in [7, 11) is 1.71. The van der Waals surface area contributed by atoms with Crippen LogP contribution in [0.25, 0.3) is 11.3 Å². The van der Waals surface area contributed by atoms with Crippen LogP contribution in [0.2, 0.25) is 0 Å². The van der Waals surface area contributed by atoms with E-state index in [0.29, 0.717) is 18.2 Å². The van der Waals surface area contributed by atoms with Gasteiger partial charge in [-0.25, -0.2) is 0 Å². The molecule has 4 nitrogen and oxygen atoms in total. The highest BCUT2D eigenvalue weighted by atomic mass is 16.5. The Labute approximate surface area is 107 Å². The van der Waals surface area contributed by atoms with Crippen molar-refractivity contribution in [3.63, 3.8) is 0 Å². The van der Waals surface area contributed by atoms with Gasteiger partial charge < -0.3 is 15.0 Å². The zero-order valence-corrected chi connectivity index (χ0v) is 10.9. The summed E-state index contributed by atoms with van der Waals surface area (Å²) in [5.74, 6) is 1.08. The minimum Gasteiger partial charge on any atom is -0.384 e. The number of hydrogen-bond acceptors (Lipinski definition) is 4. The van der Waals surface area contributed by atoms with Crippen molar-refractivity contribution in [2.24, 2.45) is 0 Å². The number of ether oxygens (including phenoxy) is 1. The predicted molar refractivity (Wildman–Crippen MR) is 71.3 cm³/mol. The second-order valence-corrected chi connectivity index (χ2v) is 5.01. The van der Waals surface area contributed by atoms with E-state index in [1.807, 2.05) is 12.1 Å². The summed E-state index contributed by atoms with van der Waals surface area (Å²) in [5, 5.41) is 3.70. The number of nitrogens with zero attached hydrogens (tertiary/aromatic N) is 1. The first kappa shape index (κ1) is 12.6. The van der Waals surface area contributed by atoms with E-state index >= 15 is 0 Å². The lowest BCUT2D eigenvalue weighted by Crippen LogP contribution is -2.23. The summed E-state index contributed by atoms with van der Waals surface area (Å²) in [6.45, 7) is 4.95. The van der Waals surface area contributed by atoms with Gasteiger partial charge in [-0.1, -0.05) is 37.2 Å². The van der Waals surface area contributed by atoms with E-state index in [0.717, 1.165) is 5.56 Å². The van der Waals surface area contributed by atoms with Crippen LogP contribution in [0.15, 0.2) is 34.9 Å². The maximum Gasteiger partial charge on any atom is 0.169 e. The van der Waals surface area contributed by atoms with Crippen LogP contribution in [0.1, 0.15) is 19.4 Å². The average Bonchev–Trinajstić information content (AvgIpc) is 2.76. The number of anilines is 1. The number of nitrogens with two attached hydrogens (primary N) is 1. The van der Waals surface area contributed by atoms with Gasteiger partial charge in [0, 0.05) is 24.2 Å². The van der Waals surface area contributed by atoms with Crippen molar-refractivity contribution in [1.29, 1.82) is 0 Å². The molecule has 0 unspecified atom stereocenters. The molecule has 4 heteroatoms. The number of rotatable bonds is 4. The van der Waals surface area contributed by atoms with Gasteiger partial charge in [0.25, 0.3) is 0 Å². The van der Waals surface area contributed by atoms with Crippen LogP contribution in [-0.2, 0) is 10.2 Å². The monoisotopic (exact) mass is 246 g/mol. The number of methoxy groups -OCH3 is 1. The van der Waals surface area contributed by atoms with Crippen molar-refractivity contribution in [3.8, 4) is 11.3 Å². The highest BCUT2D eigenvalue weighted by molar-refractivity contribution is 5.61. The second kappa shape index (κ2) is 4.82. The van der Waals surface area contributed by atoms with Crippen molar-refractivity contribution < 1.29 is 9.26 Å². The first-order valence-electron chi connectivity index (χ1n) is 5.85. The zero-order chi connectivity index (χ0) is 13.2. The molecule has 0 aliphatic heterocycles. The molecule has 0 saturated carbocycles. The van der Waals surface area contributed by atoms with E-state index in [-0.39, 0.29) is 5.41 Å². The SMILES string of the molecule is COCC(C)(C)c1cccc(-c2cc(N)no2)c1. The molecule has 0 fully saturated rings. The summed E-state index contributed by atoms with van der Waals surface area (Å²) < 4.78 is 10.4. The predicted octanol–water partition coefficient (Wildman–Crippen LogP) is 2.85. The van der Waals surface area contributed by atoms with Gasteiger partial charge in [0.1, 0.15) is 0 Å². The molecule has 0 saturated heterocycles. The van der Waals surface area contributed by atoms with Gasteiger partial charge in [-0.3, -0.25) is 0 Å². The normalized spacial score (nSPS) is 11.7. The van der Waals surface area contributed by atoms with Crippen LogP contribution in [0.5, 0.6) is 0 Å². The fraction of sp³-hybridized carbons (Fsp3) is 0.357. The molecule has 0 bridgehead atoms. The summed E-state index contributed by atoms with van der Waals surface area (Å²) in [6, 6.07) is 9.87. The maximum absolute atomic E-state index is 5.56. The third-order valence-electron chi connectivity index (χ3n) is 2.96. The third kappa shape index (κ3) is 2.54. The van der Waals surface area contributed by atoms with Gasteiger partial charge in [0.15, 0.2) is 11.6 Å². The number of nitrogen functional groups attached to an aromatic ring is 1. The second-order valence-electron chi connectivity index (χ2n) is 5.01. The molecular weight excluding hydrogens is 228 g/mol. The fourth-order valence-electron chi connectivity index (χ4n) is 1.96. The Kier molecular flexibility index (Phi) is 3.39. The molecule has 0 aliphatic rings. The van der Waals surface area contributed by atoms with Crippen molar-refractivity contribution in [1.82, 2.24) is 5.16 Å². The molecule has 0 spiro atoms. The van der Waals surface area contributed by atoms with E-state index in [1.54, 1.807) is 13.2 Å². The van der Waals surface area contributed by atoms with E-state index in [2.05, 4.69) is 31.1 Å². The molecule has 1 aromatic carbocycles. The van der Waals surface area contributed by atoms with Crippen LogP contribution in [-0.4, -0.2) is 18.9 Å². The van der Waals surface area contributed by atoms with Crippen LogP contribution in [0.4, 0.5) is 5.82 Å². The van der Waals surface area contributed by atoms with Gasteiger partial charge in [0.05, 0.1) is 6.61 Å². The molecule has 1 aromatic heterocycles. The van der Waals surface area contributed by atoms with Gasteiger partial charge in [-0.2, -0.15) is 0 Å². The van der Waals surface area contributed by atoms with Crippen molar-refractivity contribution in [2.45, 2.75) is 19.3 Å². The summed E-state index contributed by atoms with van der Waals surface area (Å²) in [6.07, 6.45) is 0. The Morgan fingerprint density at radius 2 is 2.11 bits per heavy atom. The van der Waals surface area contributed by atoms with Crippen LogP contribution < -0.4 is 5.73 Å². The molecule has 2 N–H and O–H groups in total. The van der Waals surface area contributed by atoms with E-state index in [1.165, 1.54) is 5.56 Å². The number of aromatic nitrogens is 1. The van der Waals surface area contributed by atoms with Gasteiger partial charge in [-0.15, -0.1) is 0 Å². The van der Waals surface area contributed by atoms with Gasteiger partial charge in [-0.05, 0) is 11.6 Å². The summed E-state index contributed by atoms with van der Waals surface area (Å²) >= 11 is 0. The molecule has 0 atom stereocenters. The van der Waals surface area contributed by atoms with Crippen LogP contribution >= 0.6 is 0 Å². The molecule has 2 rings (SSSR count). The van der Waals surface area contributed by atoms with Crippen molar-refractivity contribution >= 4 is 5.82 Å². The lowest BCUT2D eigenvalue weighted by Gasteiger charge is -2.24. The Balaban J connectivity index is 2.36. The van der Waals surface area contributed by atoms with Crippen LogP contribution in [0.3, 0.4) is 0 Å². The Hall–Kier alpha value is -1.81. The molecule has 0 aliphatic carbocycles. The quantitative estimate of drug-likeness (QED) is 0.901. The van der Waals surface area contributed by atoms with Crippen LogP contribution in [0, 0.1) is 0 Å². The Morgan fingerprint density at radius 3 is 2.72 bits per heavy atom. The lowest BCUT2D eigenvalue weighted by atomic mass is 9.84. The zero-order valence-electron chi connectivity index (χ0n) is 10.9. The minimum atomic E-state index is -0.0453. The highest BCUT2D eigenvalue weighted by Gasteiger charge is 2.21. The van der Waals surface area contributed by atoms with E-state index < -0.39 is 0 Å². The summed E-state index contributed by atoms with van der Waals surface area (Å²) in [5.41, 5.74) is 7.68. The lowest BCUT2D eigenvalue weighted by molar-refractivity contribution is 0.146. The van der Waals surface area contributed by atoms with Gasteiger partial charge in [0.2, 0.25) is 0 Å². The van der Waals surface area contributed by atoms with Gasteiger partial charge >= 0.3 is 0 Å². The highest BCUT2D eigenvalue weighted by Crippen LogP contribution is 2.28. The third-order valence-corrected chi connectivity index (χ3v) is 2.96. The fourth-order valence-corrected chi connectivity index (χ4v) is 1.96. The molecule has 0 radical (unpaired) electrons. The first-order valence-corrected chi connectivity index (χ1v) is 5.85. The molecule has 2 aromatic rings. The molecule has 18 heavy (non-hydrogen) atoms. The molecular formula is C14H18N2O2. The molecule has 0 amide bonds. The molecule has 96 valence electrons. The molecule has 1 heterocycles. The number of benzene rings is 1. The maximum atomic E-state index is 5.56. The Bertz CT molecular complexity index is 532. The smallest absolute Gasteiger partial charge is 0.169 e. The van der Waals surface area contributed by atoms with Crippen molar-refractivity contribution in [2.75, 3.05) is 19.5 Å². The largest absolute Gasteiger partial charge is 0.384 e. The standard InChI is InChI=1S/C14H18N2O2/c1-14(2,9-17-3)11-6-4-5-10(7-11)12-8-13(15)16-18-12/h4-8H,9H2,1-3H3,(H2,15,16). The van der Waals surface area contributed by atoms with E-state index in [9.17, 15) is 0 Å².